The standard InChI is InChI=1S/C13H19N3O3.2ClH/c17-8-7-16-13(18)12-11(4-2-6-15-12)19-9-10-3-1-5-14-10;;/h2,4,6,10,14,17H,1,3,5,7-9H2,(H,16,18);2*1H/t10-;;/m1../s1. The number of aliphatic hydroxyl groups is 1. The number of amides is 1. The molecule has 1 aliphatic rings. The van der Waals surface area contributed by atoms with E-state index in [0.29, 0.717) is 18.4 Å². The topological polar surface area (TPSA) is 83.5 Å². The Balaban J connectivity index is 0.00000200. The maximum atomic E-state index is 11.8. The fraction of sp³-hybridized carbons (Fsp3) is 0.538. The van der Waals surface area contributed by atoms with Crippen molar-refractivity contribution in [1.82, 2.24) is 15.6 Å². The van der Waals surface area contributed by atoms with Crippen molar-refractivity contribution in [2.75, 3.05) is 26.3 Å². The molecule has 120 valence electrons. The molecule has 1 aromatic rings. The quantitative estimate of drug-likeness (QED) is 0.714. The van der Waals surface area contributed by atoms with Gasteiger partial charge in [0, 0.05) is 18.8 Å². The van der Waals surface area contributed by atoms with Crippen LogP contribution in [0.5, 0.6) is 5.75 Å². The SMILES string of the molecule is Cl.Cl.O=C(NCCO)c1ncccc1OC[C@H]1CCCN1. The molecule has 0 aromatic carbocycles. The third-order valence-electron chi connectivity index (χ3n) is 2.99. The number of halogens is 2. The molecule has 1 atom stereocenters. The zero-order chi connectivity index (χ0) is 13.5. The van der Waals surface area contributed by atoms with Gasteiger partial charge in [-0.1, -0.05) is 0 Å². The van der Waals surface area contributed by atoms with Gasteiger partial charge >= 0.3 is 0 Å². The summed E-state index contributed by atoms with van der Waals surface area (Å²) < 4.78 is 5.67. The van der Waals surface area contributed by atoms with E-state index in [1.54, 1.807) is 18.3 Å². The average molecular weight is 338 g/mol. The van der Waals surface area contributed by atoms with Gasteiger partial charge in [-0.25, -0.2) is 4.98 Å². The Morgan fingerprint density at radius 1 is 1.52 bits per heavy atom. The first-order valence-corrected chi connectivity index (χ1v) is 6.51. The predicted octanol–water partition coefficient (Wildman–Crippen LogP) is 0.778. The minimum absolute atomic E-state index is 0. The summed E-state index contributed by atoms with van der Waals surface area (Å²) >= 11 is 0. The summed E-state index contributed by atoms with van der Waals surface area (Å²) in [5.41, 5.74) is 0.258. The minimum atomic E-state index is -0.330. The molecule has 2 heterocycles. The highest BCUT2D eigenvalue weighted by Gasteiger charge is 2.17. The molecule has 0 bridgehead atoms. The van der Waals surface area contributed by atoms with Crippen LogP contribution < -0.4 is 15.4 Å². The molecule has 0 unspecified atom stereocenters. The van der Waals surface area contributed by atoms with Crippen LogP contribution in [0.15, 0.2) is 18.3 Å². The zero-order valence-electron chi connectivity index (χ0n) is 11.6. The van der Waals surface area contributed by atoms with Crippen LogP contribution in [0.2, 0.25) is 0 Å². The monoisotopic (exact) mass is 337 g/mol. The van der Waals surface area contributed by atoms with Crippen LogP contribution in [0, 0.1) is 0 Å². The van der Waals surface area contributed by atoms with Crippen molar-refractivity contribution < 1.29 is 14.6 Å². The maximum absolute atomic E-state index is 11.8. The van der Waals surface area contributed by atoms with Crippen LogP contribution in [-0.2, 0) is 0 Å². The fourth-order valence-electron chi connectivity index (χ4n) is 2.02. The van der Waals surface area contributed by atoms with Crippen molar-refractivity contribution in [2.24, 2.45) is 0 Å². The Labute approximate surface area is 136 Å². The van der Waals surface area contributed by atoms with Gasteiger partial charge in [-0.15, -0.1) is 24.8 Å². The van der Waals surface area contributed by atoms with Crippen LogP contribution in [0.25, 0.3) is 0 Å². The molecule has 0 radical (unpaired) electrons. The number of hydrogen-bond acceptors (Lipinski definition) is 5. The predicted molar refractivity (Wildman–Crippen MR) is 84.7 cm³/mol. The van der Waals surface area contributed by atoms with Gasteiger partial charge in [-0.05, 0) is 31.5 Å². The van der Waals surface area contributed by atoms with Crippen molar-refractivity contribution in [2.45, 2.75) is 18.9 Å². The van der Waals surface area contributed by atoms with Crippen molar-refractivity contribution in [1.29, 1.82) is 0 Å². The number of carbonyl (C=O) groups excluding carboxylic acids is 1. The molecule has 1 aliphatic heterocycles. The number of carbonyl (C=O) groups is 1. The van der Waals surface area contributed by atoms with E-state index >= 15 is 0 Å². The van der Waals surface area contributed by atoms with Crippen molar-refractivity contribution in [3.05, 3.63) is 24.0 Å². The minimum Gasteiger partial charge on any atom is -0.489 e. The molecule has 0 aliphatic carbocycles. The molecule has 1 fully saturated rings. The number of rotatable bonds is 6. The molecule has 6 nitrogen and oxygen atoms in total. The van der Waals surface area contributed by atoms with Crippen LogP contribution in [-0.4, -0.2) is 48.3 Å². The van der Waals surface area contributed by atoms with Crippen molar-refractivity contribution >= 4 is 30.7 Å². The zero-order valence-corrected chi connectivity index (χ0v) is 13.2. The number of ether oxygens (including phenoxy) is 1. The Morgan fingerprint density at radius 2 is 2.33 bits per heavy atom. The van der Waals surface area contributed by atoms with Crippen LogP contribution in [0.4, 0.5) is 0 Å². The Kier molecular flexibility index (Phi) is 10.1. The summed E-state index contributed by atoms with van der Waals surface area (Å²) in [7, 11) is 0. The van der Waals surface area contributed by atoms with E-state index in [2.05, 4.69) is 15.6 Å². The third kappa shape index (κ3) is 6.05. The number of pyridine rings is 1. The van der Waals surface area contributed by atoms with Crippen LogP contribution in [0.3, 0.4) is 0 Å². The number of aliphatic hydroxyl groups excluding tert-OH is 1. The first-order valence-electron chi connectivity index (χ1n) is 6.51. The largest absolute Gasteiger partial charge is 0.489 e. The molecular formula is C13H21Cl2N3O3. The van der Waals surface area contributed by atoms with E-state index in [9.17, 15) is 4.79 Å². The molecule has 1 aromatic heterocycles. The number of nitrogens with one attached hydrogen (secondary N) is 2. The Morgan fingerprint density at radius 3 is 3.00 bits per heavy atom. The summed E-state index contributed by atoms with van der Waals surface area (Å²) in [6.07, 6.45) is 3.80. The molecule has 0 saturated carbocycles. The molecule has 2 rings (SSSR count). The molecular weight excluding hydrogens is 317 g/mol. The van der Waals surface area contributed by atoms with E-state index < -0.39 is 0 Å². The summed E-state index contributed by atoms with van der Waals surface area (Å²) in [4.78, 5) is 15.9. The van der Waals surface area contributed by atoms with Gasteiger partial charge in [-0.3, -0.25) is 4.79 Å². The first-order chi connectivity index (χ1) is 9.31. The third-order valence-corrected chi connectivity index (χ3v) is 2.99. The fourth-order valence-corrected chi connectivity index (χ4v) is 2.02. The number of hydrogen-bond donors (Lipinski definition) is 3. The highest BCUT2D eigenvalue weighted by atomic mass is 35.5. The number of aromatic nitrogens is 1. The molecule has 21 heavy (non-hydrogen) atoms. The summed E-state index contributed by atoms with van der Waals surface area (Å²) in [5.74, 6) is 0.149. The lowest BCUT2D eigenvalue weighted by Gasteiger charge is -2.14. The summed E-state index contributed by atoms with van der Waals surface area (Å²) in [6, 6.07) is 3.81. The van der Waals surface area contributed by atoms with E-state index in [1.165, 1.54) is 0 Å². The van der Waals surface area contributed by atoms with Crippen LogP contribution in [0.1, 0.15) is 23.3 Å². The van der Waals surface area contributed by atoms with E-state index in [4.69, 9.17) is 9.84 Å². The highest BCUT2D eigenvalue weighted by Crippen LogP contribution is 2.16. The van der Waals surface area contributed by atoms with Gasteiger partial charge < -0.3 is 20.5 Å². The smallest absolute Gasteiger partial charge is 0.273 e. The average Bonchev–Trinajstić information content (AvgIpc) is 2.96. The molecule has 1 amide bonds. The van der Waals surface area contributed by atoms with Crippen molar-refractivity contribution in [3.63, 3.8) is 0 Å². The molecule has 1 saturated heterocycles. The second-order valence-electron chi connectivity index (χ2n) is 4.43. The Hall–Kier alpha value is -1.08. The summed E-state index contributed by atoms with van der Waals surface area (Å²) in [6.45, 7) is 1.66. The van der Waals surface area contributed by atoms with Gasteiger partial charge in [-0.2, -0.15) is 0 Å². The molecule has 3 N–H and O–H groups in total. The lowest BCUT2D eigenvalue weighted by Crippen LogP contribution is -2.30. The van der Waals surface area contributed by atoms with Crippen molar-refractivity contribution in [3.8, 4) is 5.75 Å². The Bertz CT molecular complexity index is 429. The van der Waals surface area contributed by atoms with Gasteiger partial charge in [0.05, 0.1) is 6.61 Å². The van der Waals surface area contributed by atoms with Gasteiger partial charge in [0.15, 0.2) is 11.4 Å². The van der Waals surface area contributed by atoms with E-state index in [-0.39, 0.29) is 49.6 Å². The lowest BCUT2D eigenvalue weighted by molar-refractivity contribution is 0.0934. The van der Waals surface area contributed by atoms with Crippen LogP contribution >= 0.6 is 24.8 Å². The first kappa shape index (κ1) is 19.9. The second-order valence-corrected chi connectivity index (χ2v) is 4.43. The molecule has 0 spiro atoms. The van der Waals surface area contributed by atoms with Gasteiger partial charge in [0.1, 0.15) is 6.61 Å². The summed E-state index contributed by atoms with van der Waals surface area (Å²) in [5, 5.41) is 14.6. The van der Waals surface area contributed by atoms with E-state index in [0.717, 1.165) is 19.4 Å². The number of nitrogens with zero attached hydrogens (tertiary/aromatic N) is 1. The maximum Gasteiger partial charge on any atom is 0.273 e. The van der Waals surface area contributed by atoms with Gasteiger partial charge in [0.25, 0.3) is 5.91 Å². The normalized spacial score (nSPS) is 16.5. The molecule has 8 heteroatoms. The second kappa shape index (κ2) is 10.6. The highest BCUT2D eigenvalue weighted by molar-refractivity contribution is 5.94. The van der Waals surface area contributed by atoms with E-state index in [1.807, 2.05) is 0 Å². The van der Waals surface area contributed by atoms with Gasteiger partial charge in [0.2, 0.25) is 0 Å². The lowest BCUT2D eigenvalue weighted by atomic mass is 10.2.